The molecule has 2 aliphatic heterocycles. The van der Waals surface area contributed by atoms with Crippen LogP contribution in [0, 0.1) is 0 Å². The van der Waals surface area contributed by atoms with E-state index in [1.807, 2.05) is 31.2 Å². The molecule has 0 saturated carbocycles. The Kier molecular flexibility index (Phi) is 4.41. The molecule has 2 N–H and O–H groups in total. The molecule has 2 heterocycles. The van der Waals surface area contributed by atoms with E-state index in [9.17, 15) is 4.79 Å². The van der Waals surface area contributed by atoms with Gasteiger partial charge in [-0.2, -0.15) is 0 Å². The number of fused-ring (bicyclic) bond motifs is 1. The molecule has 114 valence electrons. The van der Waals surface area contributed by atoms with Gasteiger partial charge < -0.3 is 20.1 Å². The minimum absolute atomic E-state index is 0.00361. The summed E-state index contributed by atoms with van der Waals surface area (Å²) in [6, 6.07) is 7.66. The van der Waals surface area contributed by atoms with Crippen molar-refractivity contribution in [3.8, 4) is 5.75 Å². The van der Waals surface area contributed by atoms with Crippen LogP contribution in [-0.2, 0) is 9.53 Å². The Morgan fingerprint density at radius 1 is 1.33 bits per heavy atom. The van der Waals surface area contributed by atoms with E-state index >= 15 is 0 Å². The average Bonchev–Trinajstić information content (AvgIpc) is 2.70. The van der Waals surface area contributed by atoms with E-state index in [0.717, 1.165) is 24.2 Å². The summed E-state index contributed by atoms with van der Waals surface area (Å²) in [5.74, 6) is 0.880. The standard InChI is InChI=1S/C16H22N2O3/c1-11-15(17-8-10-20-11)16(19)18-13-6-4-9-21-14-7-3-2-5-12(13)14/h2-3,5,7,11,13,15,17H,4,6,8-10H2,1H3,(H,18,19)/t11-,13?,15+/m1/s1. The predicted octanol–water partition coefficient (Wildman–Crippen LogP) is 1.39. The van der Waals surface area contributed by atoms with Crippen molar-refractivity contribution in [3.05, 3.63) is 29.8 Å². The highest BCUT2D eigenvalue weighted by Crippen LogP contribution is 2.31. The van der Waals surface area contributed by atoms with Gasteiger partial charge in [-0.15, -0.1) is 0 Å². The van der Waals surface area contributed by atoms with Gasteiger partial charge in [0, 0.05) is 12.1 Å². The highest BCUT2D eigenvalue weighted by molar-refractivity contribution is 5.83. The van der Waals surface area contributed by atoms with E-state index in [2.05, 4.69) is 10.6 Å². The van der Waals surface area contributed by atoms with E-state index in [4.69, 9.17) is 9.47 Å². The number of carbonyl (C=O) groups is 1. The van der Waals surface area contributed by atoms with Gasteiger partial charge in [-0.3, -0.25) is 4.79 Å². The smallest absolute Gasteiger partial charge is 0.240 e. The first-order valence-corrected chi connectivity index (χ1v) is 7.63. The summed E-state index contributed by atoms with van der Waals surface area (Å²) in [6.07, 6.45) is 1.73. The Balaban J connectivity index is 1.73. The van der Waals surface area contributed by atoms with Gasteiger partial charge in [0.05, 0.1) is 25.4 Å². The zero-order valence-electron chi connectivity index (χ0n) is 12.3. The molecule has 21 heavy (non-hydrogen) atoms. The lowest BCUT2D eigenvalue weighted by Gasteiger charge is -2.30. The molecule has 3 atom stereocenters. The number of carbonyl (C=O) groups excluding carboxylic acids is 1. The van der Waals surface area contributed by atoms with Gasteiger partial charge in [-0.05, 0) is 25.8 Å². The summed E-state index contributed by atoms with van der Waals surface area (Å²) in [7, 11) is 0. The Bertz CT molecular complexity index is 506. The van der Waals surface area contributed by atoms with Crippen LogP contribution in [-0.4, -0.2) is 37.8 Å². The number of amides is 1. The molecule has 1 unspecified atom stereocenters. The van der Waals surface area contributed by atoms with Gasteiger partial charge in [0.2, 0.25) is 5.91 Å². The van der Waals surface area contributed by atoms with Crippen molar-refractivity contribution in [1.29, 1.82) is 0 Å². The van der Waals surface area contributed by atoms with Crippen LogP contribution in [0.25, 0.3) is 0 Å². The van der Waals surface area contributed by atoms with E-state index < -0.39 is 0 Å². The van der Waals surface area contributed by atoms with Crippen LogP contribution < -0.4 is 15.4 Å². The molecule has 1 saturated heterocycles. The predicted molar refractivity (Wildman–Crippen MR) is 79.3 cm³/mol. The SMILES string of the molecule is C[C@H]1OCCN[C@@H]1C(=O)NC1CCCOc2ccccc21. The number of para-hydroxylation sites is 1. The summed E-state index contributed by atoms with van der Waals surface area (Å²) in [5, 5.41) is 6.38. The largest absolute Gasteiger partial charge is 0.493 e. The van der Waals surface area contributed by atoms with Crippen LogP contribution in [0.15, 0.2) is 24.3 Å². The maximum Gasteiger partial charge on any atom is 0.240 e. The first-order valence-electron chi connectivity index (χ1n) is 7.63. The molecule has 1 aromatic rings. The molecule has 5 heteroatoms. The van der Waals surface area contributed by atoms with Gasteiger partial charge in [-0.25, -0.2) is 0 Å². The first kappa shape index (κ1) is 14.4. The van der Waals surface area contributed by atoms with Crippen molar-refractivity contribution < 1.29 is 14.3 Å². The fraction of sp³-hybridized carbons (Fsp3) is 0.562. The number of rotatable bonds is 2. The number of hydrogen-bond acceptors (Lipinski definition) is 4. The Hall–Kier alpha value is -1.59. The second-order valence-corrected chi connectivity index (χ2v) is 5.60. The molecule has 0 spiro atoms. The fourth-order valence-electron chi connectivity index (χ4n) is 2.96. The van der Waals surface area contributed by atoms with E-state index in [-0.39, 0.29) is 24.1 Å². The summed E-state index contributed by atoms with van der Waals surface area (Å²) in [6.45, 7) is 4.00. The molecule has 0 aromatic heterocycles. The topological polar surface area (TPSA) is 59.6 Å². The molecular weight excluding hydrogens is 268 g/mol. The molecule has 1 fully saturated rings. The van der Waals surface area contributed by atoms with Gasteiger partial charge in [0.25, 0.3) is 0 Å². The zero-order valence-corrected chi connectivity index (χ0v) is 12.3. The van der Waals surface area contributed by atoms with Crippen LogP contribution in [0.1, 0.15) is 31.4 Å². The lowest BCUT2D eigenvalue weighted by Crippen LogP contribution is -2.55. The minimum atomic E-state index is -0.282. The zero-order chi connectivity index (χ0) is 14.7. The van der Waals surface area contributed by atoms with Gasteiger partial charge in [0.1, 0.15) is 11.8 Å². The number of morpholine rings is 1. The van der Waals surface area contributed by atoms with Crippen LogP contribution in [0.2, 0.25) is 0 Å². The average molecular weight is 290 g/mol. The third-order valence-electron chi connectivity index (χ3n) is 4.10. The number of hydrogen-bond donors (Lipinski definition) is 2. The monoisotopic (exact) mass is 290 g/mol. The molecule has 5 nitrogen and oxygen atoms in total. The summed E-state index contributed by atoms with van der Waals surface area (Å²) in [4.78, 5) is 12.5. The van der Waals surface area contributed by atoms with E-state index in [1.165, 1.54) is 0 Å². The molecule has 2 aliphatic rings. The minimum Gasteiger partial charge on any atom is -0.493 e. The van der Waals surface area contributed by atoms with E-state index in [1.54, 1.807) is 0 Å². The van der Waals surface area contributed by atoms with Crippen LogP contribution in [0.5, 0.6) is 5.75 Å². The Morgan fingerprint density at radius 3 is 3.05 bits per heavy atom. The van der Waals surface area contributed by atoms with Gasteiger partial charge in [-0.1, -0.05) is 18.2 Å². The lowest BCUT2D eigenvalue weighted by atomic mass is 10.0. The maximum atomic E-state index is 12.5. The molecule has 0 bridgehead atoms. The quantitative estimate of drug-likeness (QED) is 0.864. The molecule has 3 rings (SSSR count). The van der Waals surface area contributed by atoms with Crippen molar-refractivity contribution in [2.24, 2.45) is 0 Å². The number of benzene rings is 1. The molecule has 1 amide bonds. The highest BCUT2D eigenvalue weighted by atomic mass is 16.5. The lowest BCUT2D eigenvalue weighted by molar-refractivity contribution is -0.129. The van der Waals surface area contributed by atoms with Crippen molar-refractivity contribution in [2.75, 3.05) is 19.8 Å². The molecule has 0 radical (unpaired) electrons. The van der Waals surface area contributed by atoms with Crippen LogP contribution in [0.4, 0.5) is 0 Å². The third kappa shape index (κ3) is 3.19. The van der Waals surface area contributed by atoms with Crippen LogP contribution in [0.3, 0.4) is 0 Å². The number of ether oxygens (including phenoxy) is 2. The van der Waals surface area contributed by atoms with Crippen molar-refractivity contribution in [3.63, 3.8) is 0 Å². The second kappa shape index (κ2) is 6.45. The van der Waals surface area contributed by atoms with Crippen molar-refractivity contribution in [2.45, 2.75) is 38.0 Å². The fourth-order valence-corrected chi connectivity index (χ4v) is 2.96. The second-order valence-electron chi connectivity index (χ2n) is 5.60. The number of nitrogens with one attached hydrogen (secondary N) is 2. The van der Waals surface area contributed by atoms with E-state index in [0.29, 0.717) is 19.8 Å². The molecule has 1 aromatic carbocycles. The van der Waals surface area contributed by atoms with Crippen molar-refractivity contribution in [1.82, 2.24) is 10.6 Å². The summed E-state index contributed by atoms with van der Waals surface area (Å²) >= 11 is 0. The maximum absolute atomic E-state index is 12.5. The van der Waals surface area contributed by atoms with Crippen LogP contribution >= 0.6 is 0 Å². The normalized spacial score (nSPS) is 28.9. The Morgan fingerprint density at radius 2 is 2.19 bits per heavy atom. The summed E-state index contributed by atoms with van der Waals surface area (Å²) in [5.41, 5.74) is 1.06. The molecular formula is C16H22N2O3. The Labute approximate surface area is 125 Å². The highest BCUT2D eigenvalue weighted by Gasteiger charge is 2.30. The third-order valence-corrected chi connectivity index (χ3v) is 4.10. The van der Waals surface area contributed by atoms with Crippen molar-refractivity contribution >= 4 is 5.91 Å². The molecule has 0 aliphatic carbocycles. The van der Waals surface area contributed by atoms with Gasteiger partial charge in [0.15, 0.2) is 0 Å². The van der Waals surface area contributed by atoms with Gasteiger partial charge >= 0.3 is 0 Å². The summed E-state index contributed by atoms with van der Waals surface area (Å²) < 4.78 is 11.3. The first-order chi connectivity index (χ1) is 10.3.